The third-order valence-corrected chi connectivity index (χ3v) is 6.11. The Morgan fingerprint density at radius 2 is 2.14 bits per heavy atom. The fourth-order valence-electron chi connectivity index (χ4n) is 4.58. The van der Waals surface area contributed by atoms with Crippen LogP contribution in [0.2, 0.25) is 0 Å². The van der Waals surface area contributed by atoms with E-state index in [2.05, 4.69) is 33.8 Å². The van der Waals surface area contributed by atoms with Gasteiger partial charge in [0.05, 0.1) is 0 Å². The minimum absolute atomic E-state index is 0.00531. The molecule has 0 bridgehead atoms. The molecule has 0 saturated heterocycles. The third-order valence-electron chi connectivity index (χ3n) is 6.11. The molecule has 1 aliphatic heterocycles. The van der Waals surface area contributed by atoms with Crippen LogP contribution in [0.1, 0.15) is 59.8 Å². The van der Waals surface area contributed by atoms with Gasteiger partial charge in [0.1, 0.15) is 6.61 Å². The lowest BCUT2D eigenvalue weighted by Crippen LogP contribution is -2.22. The molecule has 22 heavy (non-hydrogen) atoms. The van der Waals surface area contributed by atoms with Crippen molar-refractivity contribution in [2.75, 3.05) is 6.61 Å². The van der Waals surface area contributed by atoms with Gasteiger partial charge in [-0.25, -0.2) is 4.79 Å². The molecule has 3 aliphatic rings. The summed E-state index contributed by atoms with van der Waals surface area (Å²) in [5.41, 5.74) is 3.85. The Morgan fingerprint density at radius 3 is 2.86 bits per heavy atom. The molecule has 0 amide bonds. The van der Waals surface area contributed by atoms with Crippen LogP contribution in [0, 0.1) is 29.6 Å². The fourth-order valence-corrected chi connectivity index (χ4v) is 4.58. The molecule has 1 heterocycles. The molecule has 0 N–H and O–H groups in total. The molecule has 2 heteroatoms. The predicted octanol–water partition coefficient (Wildman–Crippen LogP) is 4.90. The van der Waals surface area contributed by atoms with Crippen LogP contribution in [-0.2, 0) is 9.53 Å². The summed E-state index contributed by atoms with van der Waals surface area (Å²) in [6.45, 7) is 9.63. The van der Waals surface area contributed by atoms with Crippen LogP contribution in [0.25, 0.3) is 0 Å². The van der Waals surface area contributed by atoms with E-state index in [4.69, 9.17) is 4.74 Å². The lowest BCUT2D eigenvalue weighted by atomic mass is 9.75. The molecular weight excluding hydrogens is 272 g/mol. The van der Waals surface area contributed by atoms with Crippen molar-refractivity contribution in [1.82, 2.24) is 0 Å². The molecule has 0 unspecified atom stereocenters. The number of hydrogen-bond donors (Lipinski definition) is 0. The Bertz CT molecular complexity index is 510. The first-order chi connectivity index (χ1) is 10.5. The predicted molar refractivity (Wildman–Crippen MR) is 89.3 cm³/mol. The molecule has 122 valence electrons. The first kappa shape index (κ1) is 15.8. The Balaban J connectivity index is 1.79. The summed E-state index contributed by atoms with van der Waals surface area (Å²) >= 11 is 0. The monoisotopic (exact) mass is 302 g/mol. The Hall–Kier alpha value is -1.05. The van der Waals surface area contributed by atoms with Crippen molar-refractivity contribution in [2.24, 2.45) is 29.6 Å². The van der Waals surface area contributed by atoms with E-state index in [1.54, 1.807) is 0 Å². The highest BCUT2D eigenvalue weighted by molar-refractivity contribution is 5.92. The van der Waals surface area contributed by atoms with Gasteiger partial charge in [0, 0.05) is 5.57 Å². The van der Waals surface area contributed by atoms with Gasteiger partial charge >= 0.3 is 5.97 Å². The van der Waals surface area contributed by atoms with E-state index in [1.165, 1.54) is 30.4 Å². The number of hydrogen-bond acceptors (Lipinski definition) is 2. The number of allylic oxidation sites excluding steroid dienone is 2. The Kier molecular flexibility index (Phi) is 4.47. The Morgan fingerprint density at radius 1 is 1.36 bits per heavy atom. The molecule has 1 fully saturated rings. The van der Waals surface area contributed by atoms with Crippen LogP contribution in [0.15, 0.2) is 22.8 Å². The summed E-state index contributed by atoms with van der Waals surface area (Å²) in [6, 6.07) is 0. The van der Waals surface area contributed by atoms with E-state index < -0.39 is 0 Å². The zero-order valence-corrected chi connectivity index (χ0v) is 14.5. The maximum atomic E-state index is 12.3. The van der Waals surface area contributed by atoms with Gasteiger partial charge in [0.15, 0.2) is 0 Å². The summed E-state index contributed by atoms with van der Waals surface area (Å²) in [4.78, 5) is 12.3. The van der Waals surface area contributed by atoms with E-state index in [0.29, 0.717) is 24.4 Å². The Labute approximate surface area is 135 Å². The average Bonchev–Trinajstić information content (AvgIpc) is 3.15. The fraction of sp³-hybridized carbons (Fsp3) is 0.750. The summed E-state index contributed by atoms with van der Waals surface area (Å²) in [5.74, 6) is 3.26. The molecule has 1 saturated carbocycles. The average molecular weight is 302 g/mol. The van der Waals surface area contributed by atoms with Gasteiger partial charge in [-0.05, 0) is 81.1 Å². The van der Waals surface area contributed by atoms with Crippen LogP contribution in [0.5, 0.6) is 0 Å². The zero-order chi connectivity index (χ0) is 15.9. The van der Waals surface area contributed by atoms with Crippen LogP contribution in [-0.4, -0.2) is 12.6 Å². The van der Waals surface area contributed by atoms with Gasteiger partial charge in [-0.2, -0.15) is 0 Å². The molecular formula is C20H30O2. The smallest absolute Gasteiger partial charge is 0.334 e. The molecule has 5 atom stereocenters. The van der Waals surface area contributed by atoms with Crippen molar-refractivity contribution in [3.63, 3.8) is 0 Å². The third kappa shape index (κ3) is 3.02. The van der Waals surface area contributed by atoms with Crippen molar-refractivity contribution in [1.29, 1.82) is 0 Å². The molecule has 3 rings (SSSR count). The van der Waals surface area contributed by atoms with E-state index in [-0.39, 0.29) is 5.97 Å². The zero-order valence-electron chi connectivity index (χ0n) is 14.5. The lowest BCUT2D eigenvalue weighted by Gasteiger charge is -2.28. The highest BCUT2D eigenvalue weighted by atomic mass is 16.5. The minimum Gasteiger partial charge on any atom is -0.458 e. The van der Waals surface area contributed by atoms with Crippen molar-refractivity contribution in [2.45, 2.75) is 59.8 Å². The maximum Gasteiger partial charge on any atom is 0.334 e. The van der Waals surface area contributed by atoms with Gasteiger partial charge in [-0.3, -0.25) is 0 Å². The van der Waals surface area contributed by atoms with Gasteiger partial charge in [-0.1, -0.05) is 25.5 Å². The second-order valence-electron chi connectivity index (χ2n) is 8.02. The van der Waals surface area contributed by atoms with Gasteiger partial charge in [0.2, 0.25) is 0 Å². The number of esters is 1. The van der Waals surface area contributed by atoms with E-state index >= 15 is 0 Å². The second-order valence-corrected chi connectivity index (χ2v) is 8.02. The number of fused-ring (bicyclic) bond motifs is 2. The minimum atomic E-state index is -0.00531. The maximum absolute atomic E-state index is 12.3. The molecule has 0 aromatic heterocycles. The largest absolute Gasteiger partial charge is 0.458 e. The molecule has 0 aromatic rings. The topological polar surface area (TPSA) is 26.3 Å². The van der Waals surface area contributed by atoms with Crippen LogP contribution in [0.4, 0.5) is 0 Å². The summed E-state index contributed by atoms with van der Waals surface area (Å²) < 4.78 is 5.44. The van der Waals surface area contributed by atoms with Crippen LogP contribution in [0.3, 0.4) is 0 Å². The SMILES string of the molecule is CC(C)=CCC[C@H](C)[C@@H]1CC[C@@H](C)[C@@H]2C[C@@H]2C2=C1C(=O)OC2. The van der Waals surface area contributed by atoms with E-state index in [1.807, 2.05) is 0 Å². The molecule has 0 spiro atoms. The number of ether oxygens (including phenoxy) is 1. The van der Waals surface area contributed by atoms with E-state index in [9.17, 15) is 4.79 Å². The number of carbonyl (C=O) groups excluding carboxylic acids is 1. The van der Waals surface area contributed by atoms with Crippen molar-refractivity contribution >= 4 is 5.97 Å². The molecule has 0 aromatic carbocycles. The highest BCUT2D eigenvalue weighted by Crippen LogP contribution is 2.55. The lowest BCUT2D eigenvalue weighted by molar-refractivity contribution is -0.136. The number of carbonyl (C=O) groups is 1. The van der Waals surface area contributed by atoms with Crippen molar-refractivity contribution in [3.05, 3.63) is 22.8 Å². The summed E-state index contributed by atoms with van der Waals surface area (Å²) in [5, 5.41) is 0. The number of rotatable bonds is 4. The van der Waals surface area contributed by atoms with E-state index in [0.717, 1.165) is 30.3 Å². The second kappa shape index (κ2) is 6.22. The molecule has 0 radical (unpaired) electrons. The van der Waals surface area contributed by atoms with Crippen molar-refractivity contribution < 1.29 is 9.53 Å². The molecule has 2 aliphatic carbocycles. The standard InChI is InChI=1S/C20H30O2/c1-12(2)6-5-7-13(3)15-9-8-14(4)16-10-17(16)18-11-22-20(21)19(15)18/h6,13-17H,5,7-11H2,1-4H3/t13-,14+,15-,16-,17-/m0/s1. The van der Waals surface area contributed by atoms with Gasteiger partial charge in [-0.15, -0.1) is 0 Å². The first-order valence-corrected chi connectivity index (χ1v) is 9.02. The highest BCUT2D eigenvalue weighted by Gasteiger charge is 2.49. The number of cyclic esters (lactones) is 1. The quantitative estimate of drug-likeness (QED) is 0.545. The van der Waals surface area contributed by atoms with Gasteiger partial charge < -0.3 is 4.74 Å². The summed E-state index contributed by atoms with van der Waals surface area (Å²) in [6.07, 6.45) is 8.33. The first-order valence-electron chi connectivity index (χ1n) is 9.02. The van der Waals surface area contributed by atoms with Crippen LogP contribution >= 0.6 is 0 Å². The molecule has 2 nitrogen and oxygen atoms in total. The normalized spacial score (nSPS) is 35.0. The van der Waals surface area contributed by atoms with Crippen molar-refractivity contribution in [3.8, 4) is 0 Å². The van der Waals surface area contributed by atoms with Gasteiger partial charge in [0.25, 0.3) is 0 Å². The van der Waals surface area contributed by atoms with Crippen LogP contribution < -0.4 is 0 Å². The summed E-state index contributed by atoms with van der Waals surface area (Å²) in [7, 11) is 0.